The summed E-state index contributed by atoms with van der Waals surface area (Å²) in [5.41, 5.74) is 2.89. The van der Waals surface area contributed by atoms with Crippen molar-refractivity contribution in [2.45, 2.75) is 32.1 Å². The van der Waals surface area contributed by atoms with Gasteiger partial charge in [-0.25, -0.2) is 0 Å². The van der Waals surface area contributed by atoms with Gasteiger partial charge in [0.1, 0.15) is 16.5 Å². The zero-order valence-electron chi connectivity index (χ0n) is 20.0. The Hall–Kier alpha value is -3.36. The molecule has 3 rings (SSSR count). The summed E-state index contributed by atoms with van der Waals surface area (Å²) in [7, 11) is -4.11. The third kappa shape index (κ3) is 6.65. The third-order valence-electron chi connectivity index (χ3n) is 5.16. The van der Waals surface area contributed by atoms with Crippen LogP contribution in [0, 0.1) is 21.8 Å². The van der Waals surface area contributed by atoms with Crippen LogP contribution in [0.25, 0.3) is 6.08 Å². The summed E-state index contributed by atoms with van der Waals surface area (Å²) in [4.78, 5) is 12.8. The van der Waals surface area contributed by atoms with Gasteiger partial charge in [0, 0.05) is 5.69 Å². The van der Waals surface area contributed by atoms with Crippen LogP contribution in [0.1, 0.15) is 30.5 Å². The van der Waals surface area contributed by atoms with E-state index >= 15 is 0 Å². The molecule has 3 aromatic carbocycles. The molecule has 0 fully saturated rings. The number of amides is 1. The van der Waals surface area contributed by atoms with Gasteiger partial charge in [-0.15, -0.1) is 0 Å². The number of hydrogen-bond donors (Lipinski definition) is 1. The Kier molecular flexibility index (Phi) is 9.12. The Morgan fingerprint density at radius 2 is 1.81 bits per heavy atom. The molecule has 0 aliphatic heterocycles. The Balaban J connectivity index is 1.94. The maximum absolute atomic E-state index is 12.9. The lowest BCUT2D eigenvalue weighted by molar-refractivity contribution is -0.112. The lowest BCUT2D eigenvalue weighted by Gasteiger charge is -2.15. The smallest absolute Gasteiger partial charge is 0.339 e. The van der Waals surface area contributed by atoms with Crippen LogP contribution in [0.2, 0.25) is 0 Å². The predicted octanol–water partition coefficient (Wildman–Crippen LogP) is 5.87. The highest BCUT2D eigenvalue weighted by Crippen LogP contribution is 2.37. The summed E-state index contributed by atoms with van der Waals surface area (Å²) < 4.78 is 37.3. The van der Waals surface area contributed by atoms with Gasteiger partial charge in [0.25, 0.3) is 5.91 Å². The van der Waals surface area contributed by atoms with Crippen molar-refractivity contribution in [3.63, 3.8) is 0 Å². The highest BCUT2D eigenvalue weighted by Gasteiger charge is 2.22. The second kappa shape index (κ2) is 12.1. The minimum absolute atomic E-state index is 0.0196. The second-order valence-electron chi connectivity index (χ2n) is 7.75. The van der Waals surface area contributed by atoms with Crippen LogP contribution in [-0.2, 0) is 21.3 Å². The first-order valence-corrected chi connectivity index (χ1v) is 13.7. The molecule has 7 nitrogen and oxygen atoms in total. The Morgan fingerprint density at radius 1 is 1.11 bits per heavy atom. The first kappa shape index (κ1) is 27.2. The van der Waals surface area contributed by atoms with E-state index in [-0.39, 0.29) is 28.6 Å². The molecule has 0 bridgehead atoms. The van der Waals surface area contributed by atoms with Crippen molar-refractivity contribution < 1.29 is 22.1 Å². The first-order chi connectivity index (χ1) is 17.2. The first-order valence-electron chi connectivity index (χ1n) is 11.2. The van der Waals surface area contributed by atoms with Gasteiger partial charge < -0.3 is 14.2 Å². The van der Waals surface area contributed by atoms with Crippen LogP contribution in [0.5, 0.6) is 11.5 Å². The standard InChI is InChI=1S/C27H25IN2O5S/c1-4-20-8-6-7-9-24(20)30-27(31)21(17-29)14-19-15-23(28)26(25(16-19)34-5-2)35-36(32,33)22-12-10-18(3)11-13-22/h6-16H,4-5H2,1-3H3,(H,30,31)/b21-14+. The number of halogens is 1. The lowest BCUT2D eigenvalue weighted by atomic mass is 10.1. The molecule has 0 heterocycles. The summed E-state index contributed by atoms with van der Waals surface area (Å²) in [6, 6.07) is 18.8. The van der Waals surface area contributed by atoms with Crippen LogP contribution in [0.4, 0.5) is 5.69 Å². The molecule has 1 amide bonds. The molecule has 186 valence electrons. The van der Waals surface area contributed by atoms with Gasteiger partial charge in [-0.1, -0.05) is 42.8 Å². The van der Waals surface area contributed by atoms with Gasteiger partial charge in [0.2, 0.25) is 0 Å². The number of benzene rings is 3. The quantitative estimate of drug-likeness (QED) is 0.140. The Labute approximate surface area is 225 Å². The number of ether oxygens (including phenoxy) is 1. The van der Waals surface area contributed by atoms with Crippen molar-refractivity contribution in [1.82, 2.24) is 0 Å². The number of nitrogens with one attached hydrogen (secondary N) is 1. The van der Waals surface area contributed by atoms with Crippen LogP contribution in [0.15, 0.2) is 71.1 Å². The van der Waals surface area contributed by atoms with Gasteiger partial charge in [0.15, 0.2) is 11.5 Å². The van der Waals surface area contributed by atoms with Gasteiger partial charge >= 0.3 is 10.1 Å². The number of carbonyl (C=O) groups excluding carboxylic acids is 1. The SMILES string of the molecule is CCOc1cc(/C=C(\C#N)C(=O)Nc2ccccc2CC)cc(I)c1OS(=O)(=O)c1ccc(C)cc1. The van der Waals surface area contributed by atoms with E-state index in [9.17, 15) is 18.5 Å². The summed E-state index contributed by atoms with van der Waals surface area (Å²) in [6.07, 6.45) is 2.15. The van der Waals surface area contributed by atoms with Crippen molar-refractivity contribution in [2.24, 2.45) is 0 Å². The molecular formula is C27H25IN2O5S. The van der Waals surface area contributed by atoms with E-state index < -0.39 is 16.0 Å². The highest BCUT2D eigenvalue weighted by atomic mass is 127. The summed E-state index contributed by atoms with van der Waals surface area (Å²) in [5.74, 6) is -0.330. The number of anilines is 1. The van der Waals surface area contributed by atoms with Crippen molar-refractivity contribution in [3.8, 4) is 17.6 Å². The molecule has 0 aromatic heterocycles. The van der Waals surface area contributed by atoms with Gasteiger partial charge in [-0.3, -0.25) is 4.79 Å². The molecule has 0 aliphatic carbocycles. The molecule has 3 aromatic rings. The van der Waals surface area contributed by atoms with Gasteiger partial charge in [-0.05, 0) is 90.4 Å². The van der Waals surface area contributed by atoms with E-state index in [4.69, 9.17) is 8.92 Å². The van der Waals surface area contributed by atoms with Gasteiger partial charge in [0.05, 0.1) is 10.2 Å². The molecule has 0 saturated heterocycles. The van der Waals surface area contributed by atoms with E-state index in [0.717, 1.165) is 17.5 Å². The van der Waals surface area contributed by atoms with Crippen LogP contribution in [0.3, 0.4) is 0 Å². The third-order valence-corrected chi connectivity index (χ3v) is 7.19. The molecule has 0 saturated carbocycles. The van der Waals surface area contributed by atoms with Crippen LogP contribution < -0.4 is 14.2 Å². The average Bonchev–Trinajstić information content (AvgIpc) is 2.85. The molecule has 0 spiro atoms. The molecule has 1 N–H and O–H groups in total. The van der Waals surface area contributed by atoms with E-state index in [1.807, 2.05) is 60.7 Å². The van der Waals surface area contributed by atoms with Crippen molar-refractivity contribution in [1.29, 1.82) is 5.26 Å². The summed E-state index contributed by atoms with van der Waals surface area (Å²) in [5, 5.41) is 12.4. The van der Waals surface area contributed by atoms with Crippen molar-refractivity contribution >= 4 is 50.4 Å². The minimum atomic E-state index is -4.11. The second-order valence-corrected chi connectivity index (χ2v) is 10.5. The summed E-state index contributed by atoms with van der Waals surface area (Å²) >= 11 is 1.94. The fourth-order valence-electron chi connectivity index (χ4n) is 3.33. The molecule has 0 unspecified atom stereocenters. The van der Waals surface area contributed by atoms with Gasteiger partial charge in [-0.2, -0.15) is 13.7 Å². The fourth-order valence-corrected chi connectivity index (χ4v) is 5.18. The van der Waals surface area contributed by atoms with E-state index in [0.29, 0.717) is 14.8 Å². The summed E-state index contributed by atoms with van der Waals surface area (Å²) in [6.45, 7) is 5.85. The molecule has 0 aliphatic rings. The number of rotatable bonds is 9. The normalized spacial score (nSPS) is 11.5. The molecule has 0 atom stereocenters. The highest BCUT2D eigenvalue weighted by molar-refractivity contribution is 14.1. The number of nitriles is 1. The number of para-hydroxylation sites is 1. The molecule has 0 radical (unpaired) electrons. The zero-order chi connectivity index (χ0) is 26.3. The molecule has 9 heteroatoms. The number of carbonyl (C=O) groups is 1. The topological polar surface area (TPSA) is 105 Å². The Morgan fingerprint density at radius 3 is 2.44 bits per heavy atom. The monoisotopic (exact) mass is 616 g/mol. The van der Waals surface area contributed by atoms with E-state index in [1.54, 1.807) is 31.2 Å². The van der Waals surface area contributed by atoms with Crippen LogP contribution in [-0.4, -0.2) is 20.9 Å². The number of nitrogens with zero attached hydrogens (tertiary/aromatic N) is 1. The lowest BCUT2D eigenvalue weighted by Crippen LogP contribution is -2.14. The number of hydrogen-bond acceptors (Lipinski definition) is 6. The number of aryl methyl sites for hydroxylation is 2. The van der Waals surface area contributed by atoms with Crippen LogP contribution >= 0.6 is 22.6 Å². The van der Waals surface area contributed by atoms with Crippen molar-refractivity contribution in [3.05, 3.63) is 86.5 Å². The average molecular weight is 616 g/mol. The van der Waals surface area contributed by atoms with E-state index in [1.165, 1.54) is 24.3 Å². The minimum Gasteiger partial charge on any atom is -0.490 e. The predicted molar refractivity (Wildman–Crippen MR) is 147 cm³/mol. The molecular weight excluding hydrogens is 591 g/mol. The Bertz CT molecular complexity index is 1440. The fraction of sp³-hybridized carbons (Fsp3) is 0.185. The maximum Gasteiger partial charge on any atom is 0.339 e. The van der Waals surface area contributed by atoms with E-state index in [2.05, 4.69) is 5.32 Å². The largest absolute Gasteiger partial charge is 0.490 e. The molecule has 36 heavy (non-hydrogen) atoms. The zero-order valence-corrected chi connectivity index (χ0v) is 23.0. The maximum atomic E-state index is 12.9. The van der Waals surface area contributed by atoms with Crippen molar-refractivity contribution in [2.75, 3.05) is 11.9 Å².